The van der Waals surface area contributed by atoms with Crippen molar-refractivity contribution in [3.8, 4) is 0 Å². The van der Waals surface area contributed by atoms with Crippen LogP contribution in [0.25, 0.3) is 0 Å². The maximum Gasteiger partial charge on any atom is 0.319 e. The predicted molar refractivity (Wildman–Crippen MR) is 89.5 cm³/mol. The Hall–Kier alpha value is -2.10. The molecule has 4 nitrogen and oxygen atoms in total. The lowest BCUT2D eigenvalue weighted by atomic mass is 9.86. The highest BCUT2D eigenvalue weighted by atomic mass is 16.2. The number of urea groups is 1. The van der Waals surface area contributed by atoms with Gasteiger partial charge in [0.2, 0.25) is 0 Å². The minimum atomic E-state index is -0.206. The van der Waals surface area contributed by atoms with Gasteiger partial charge in [-0.25, -0.2) is 4.79 Å². The lowest BCUT2D eigenvalue weighted by molar-refractivity contribution is 0.240. The van der Waals surface area contributed by atoms with Crippen molar-refractivity contribution in [1.29, 1.82) is 0 Å². The second kappa shape index (κ2) is 8.25. The molecule has 1 aliphatic rings. The van der Waals surface area contributed by atoms with E-state index in [1.165, 1.54) is 0 Å². The van der Waals surface area contributed by atoms with Gasteiger partial charge in [-0.2, -0.15) is 0 Å². The molecule has 1 unspecified atom stereocenters. The van der Waals surface area contributed by atoms with Gasteiger partial charge >= 0.3 is 6.03 Å². The van der Waals surface area contributed by atoms with Crippen molar-refractivity contribution < 1.29 is 4.79 Å². The van der Waals surface area contributed by atoms with Crippen LogP contribution in [-0.4, -0.2) is 24.8 Å². The fraction of sp³-hybridized carbons (Fsp3) is 0.412. The van der Waals surface area contributed by atoms with Gasteiger partial charge in [0.05, 0.1) is 6.04 Å². The summed E-state index contributed by atoms with van der Waals surface area (Å²) in [5.74, 6) is 0. The molecule has 0 aromatic heterocycles. The van der Waals surface area contributed by atoms with Gasteiger partial charge in [0, 0.05) is 18.5 Å². The zero-order valence-corrected chi connectivity index (χ0v) is 13.2. The number of carbonyl (C=O) groups is 1. The summed E-state index contributed by atoms with van der Waals surface area (Å²) in [4.78, 5) is 16.1. The Morgan fingerprint density at radius 2 is 2.14 bits per heavy atom. The molecule has 0 aliphatic heterocycles. The number of hydrogen-bond donors (Lipinski definition) is 2. The van der Waals surface area contributed by atoms with Crippen molar-refractivity contribution in [3.05, 3.63) is 48.2 Å². The van der Waals surface area contributed by atoms with Crippen LogP contribution in [0.1, 0.15) is 33.1 Å². The van der Waals surface area contributed by atoms with Crippen LogP contribution in [0, 0.1) is 0 Å². The minimum Gasteiger partial charge on any atom is -0.331 e. The average molecular weight is 287 g/mol. The van der Waals surface area contributed by atoms with Crippen LogP contribution in [0.15, 0.2) is 53.2 Å². The van der Waals surface area contributed by atoms with Crippen LogP contribution in [0.4, 0.5) is 4.79 Å². The molecule has 0 saturated heterocycles. The molecule has 0 heterocycles. The Morgan fingerprint density at radius 1 is 1.43 bits per heavy atom. The standard InChI is InChI=1S/C17H25N3O/c1-6-8-15-12(2)9-7-10-16(15)20-17(21)19-14(4)11-13(3)18-5/h6,8,11,16H,1-2,7,9-10H2,3-5H3,(H2,19,20,21)/b14-11+,15-8+,18-13?. The first-order valence-electron chi connectivity index (χ1n) is 7.18. The molecule has 1 saturated carbocycles. The number of rotatable bonds is 4. The lowest BCUT2D eigenvalue weighted by Crippen LogP contribution is -2.43. The van der Waals surface area contributed by atoms with E-state index in [2.05, 4.69) is 28.8 Å². The monoisotopic (exact) mass is 287 g/mol. The van der Waals surface area contributed by atoms with Gasteiger partial charge < -0.3 is 10.6 Å². The molecule has 1 rings (SSSR count). The van der Waals surface area contributed by atoms with Gasteiger partial charge in [0.15, 0.2) is 0 Å². The zero-order valence-electron chi connectivity index (χ0n) is 13.2. The molecule has 0 spiro atoms. The van der Waals surface area contributed by atoms with E-state index in [0.717, 1.165) is 41.8 Å². The van der Waals surface area contributed by atoms with Gasteiger partial charge in [0.1, 0.15) is 0 Å². The number of hydrogen-bond acceptors (Lipinski definition) is 2. The molecule has 21 heavy (non-hydrogen) atoms. The van der Waals surface area contributed by atoms with E-state index in [9.17, 15) is 4.79 Å². The topological polar surface area (TPSA) is 53.5 Å². The number of aliphatic imine (C=N–C) groups is 1. The van der Waals surface area contributed by atoms with Gasteiger partial charge in [-0.3, -0.25) is 4.99 Å². The fourth-order valence-corrected chi connectivity index (χ4v) is 2.36. The van der Waals surface area contributed by atoms with E-state index >= 15 is 0 Å². The van der Waals surface area contributed by atoms with Crippen molar-refractivity contribution in [2.45, 2.75) is 39.2 Å². The Balaban J connectivity index is 2.69. The van der Waals surface area contributed by atoms with Crippen molar-refractivity contribution in [2.75, 3.05) is 7.05 Å². The van der Waals surface area contributed by atoms with E-state index in [1.807, 2.05) is 26.0 Å². The van der Waals surface area contributed by atoms with Crippen molar-refractivity contribution in [3.63, 3.8) is 0 Å². The van der Waals surface area contributed by atoms with Crippen LogP contribution < -0.4 is 10.6 Å². The Bertz CT molecular complexity index is 512. The highest BCUT2D eigenvalue weighted by Crippen LogP contribution is 2.27. The van der Waals surface area contributed by atoms with E-state index in [0.29, 0.717) is 0 Å². The van der Waals surface area contributed by atoms with Crippen molar-refractivity contribution >= 4 is 11.7 Å². The fourth-order valence-electron chi connectivity index (χ4n) is 2.36. The van der Waals surface area contributed by atoms with E-state index in [4.69, 9.17) is 0 Å². The highest BCUT2D eigenvalue weighted by Gasteiger charge is 2.22. The average Bonchev–Trinajstić information content (AvgIpc) is 2.42. The summed E-state index contributed by atoms with van der Waals surface area (Å²) >= 11 is 0. The second-order valence-corrected chi connectivity index (χ2v) is 5.20. The van der Waals surface area contributed by atoms with Crippen molar-refractivity contribution in [1.82, 2.24) is 10.6 Å². The maximum atomic E-state index is 12.1. The van der Waals surface area contributed by atoms with Gasteiger partial charge in [-0.15, -0.1) is 0 Å². The molecule has 1 fully saturated rings. The highest BCUT2D eigenvalue weighted by molar-refractivity contribution is 5.93. The third-order valence-corrected chi connectivity index (χ3v) is 3.45. The summed E-state index contributed by atoms with van der Waals surface area (Å²) in [5, 5.41) is 5.82. The summed E-state index contributed by atoms with van der Waals surface area (Å²) in [6, 6.07) is -0.208. The Morgan fingerprint density at radius 3 is 2.76 bits per heavy atom. The number of amides is 2. The van der Waals surface area contributed by atoms with Gasteiger partial charge in [-0.05, 0) is 50.3 Å². The van der Waals surface area contributed by atoms with Crippen molar-refractivity contribution in [2.24, 2.45) is 4.99 Å². The van der Waals surface area contributed by atoms with Crippen LogP contribution in [-0.2, 0) is 0 Å². The molecule has 4 heteroatoms. The SMILES string of the molecule is C=C/C=C1\C(=C)CCCC1NC(=O)N/C(C)=C/C(C)=NC. The molecule has 114 valence electrons. The molecule has 0 aromatic carbocycles. The predicted octanol–water partition coefficient (Wildman–Crippen LogP) is 3.50. The third kappa shape index (κ3) is 5.42. The summed E-state index contributed by atoms with van der Waals surface area (Å²) in [6.45, 7) is 11.5. The second-order valence-electron chi connectivity index (χ2n) is 5.20. The molecule has 1 aliphatic carbocycles. The Labute approximate surface area is 127 Å². The normalized spacial score (nSPS) is 22.1. The number of nitrogens with zero attached hydrogens (tertiary/aromatic N) is 1. The molecule has 2 amide bonds. The minimum absolute atomic E-state index is 0.00186. The third-order valence-electron chi connectivity index (χ3n) is 3.45. The number of allylic oxidation sites excluding steroid dienone is 4. The number of carbonyl (C=O) groups excluding carboxylic acids is 1. The van der Waals surface area contributed by atoms with Crippen LogP contribution in [0.2, 0.25) is 0 Å². The first-order chi connectivity index (χ1) is 9.97. The van der Waals surface area contributed by atoms with Crippen LogP contribution in [0.5, 0.6) is 0 Å². The van der Waals surface area contributed by atoms with Gasteiger partial charge in [0.25, 0.3) is 0 Å². The molecule has 0 radical (unpaired) electrons. The van der Waals surface area contributed by atoms with Crippen LogP contribution in [0.3, 0.4) is 0 Å². The van der Waals surface area contributed by atoms with Crippen LogP contribution >= 0.6 is 0 Å². The summed E-state index contributed by atoms with van der Waals surface area (Å²) in [5.41, 5.74) is 3.78. The first-order valence-corrected chi connectivity index (χ1v) is 7.18. The molecule has 0 aromatic rings. The molecule has 1 atom stereocenters. The summed E-state index contributed by atoms with van der Waals surface area (Å²) in [7, 11) is 1.72. The van der Waals surface area contributed by atoms with E-state index in [-0.39, 0.29) is 12.1 Å². The van der Waals surface area contributed by atoms with E-state index in [1.54, 1.807) is 13.1 Å². The maximum absolute atomic E-state index is 12.1. The summed E-state index contributed by atoms with van der Waals surface area (Å²) < 4.78 is 0. The lowest BCUT2D eigenvalue weighted by Gasteiger charge is -2.28. The zero-order chi connectivity index (χ0) is 15.8. The Kier molecular flexibility index (Phi) is 6.66. The molecular formula is C17H25N3O. The largest absolute Gasteiger partial charge is 0.331 e. The quantitative estimate of drug-likeness (QED) is 0.764. The van der Waals surface area contributed by atoms with Gasteiger partial charge in [-0.1, -0.05) is 25.3 Å². The van der Waals surface area contributed by atoms with E-state index < -0.39 is 0 Å². The first kappa shape index (κ1) is 17.0. The smallest absolute Gasteiger partial charge is 0.319 e. The summed E-state index contributed by atoms with van der Waals surface area (Å²) in [6.07, 6.45) is 8.44. The molecular weight excluding hydrogens is 262 g/mol. The number of nitrogens with one attached hydrogen (secondary N) is 2. The molecule has 2 N–H and O–H groups in total. The molecule has 0 bridgehead atoms.